The van der Waals surface area contributed by atoms with Crippen molar-refractivity contribution in [2.24, 2.45) is 0 Å². The van der Waals surface area contributed by atoms with Gasteiger partial charge in [0, 0.05) is 49.6 Å². The van der Waals surface area contributed by atoms with Crippen LogP contribution in [-0.4, -0.2) is 65.5 Å². The van der Waals surface area contributed by atoms with Crippen molar-refractivity contribution in [1.82, 2.24) is 20.5 Å². The number of para-hydroxylation sites is 1. The zero-order valence-corrected chi connectivity index (χ0v) is 18.7. The third-order valence-corrected chi connectivity index (χ3v) is 5.07. The number of nitrogens with one attached hydrogen (secondary N) is 3. The molecule has 3 N–H and O–H groups in total. The van der Waals surface area contributed by atoms with E-state index in [0.29, 0.717) is 37.1 Å². The zero-order chi connectivity index (χ0) is 23.3. The molecule has 0 radical (unpaired) electrons. The predicted molar refractivity (Wildman–Crippen MR) is 120 cm³/mol. The lowest BCUT2D eigenvalue weighted by Crippen LogP contribution is -2.54. The molecule has 0 bridgehead atoms. The number of fused-ring (bicyclic) bond motifs is 1. The van der Waals surface area contributed by atoms with Gasteiger partial charge < -0.3 is 25.3 Å². The number of ether oxygens (including phenoxy) is 1. The lowest BCUT2D eigenvalue weighted by atomic mass is 10.1. The number of esters is 1. The van der Waals surface area contributed by atoms with Crippen LogP contribution in [0.15, 0.2) is 35.1 Å². The van der Waals surface area contributed by atoms with Crippen LogP contribution in [-0.2, 0) is 14.3 Å². The Morgan fingerprint density at radius 3 is 2.53 bits per heavy atom. The van der Waals surface area contributed by atoms with Crippen molar-refractivity contribution in [2.75, 3.05) is 26.2 Å². The molecule has 1 aliphatic rings. The monoisotopic (exact) mass is 442 g/mol. The number of aromatic nitrogens is 1. The van der Waals surface area contributed by atoms with Crippen molar-refractivity contribution in [1.29, 1.82) is 0 Å². The molecule has 32 heavy (non-hydrogen) atoms. The van der Waals surface area contributed by atoms with E-state index in [1.807, 2.05) is 0 Å². The first-order chi connectivity index (χ1) is 15.1. The molecule has 9 heteroatoms. The van der Waals surface area contributed by atoms with Gasteiger partial charge in [0.25, 0.3) is 5.91 Å². The number of pyridine rings is 1. The van der Waals surface area contributed by atoms with Crippen LogP contribution in [0.4, 0.5) is 0 Å². The number of hydrogen-bond acceptors (Lipinski definition) is 6. The average Bonchev–Trinajstić information content (AvgIpc) is 2.75. The highest BCUT2D eigenvalue weighted by Gasteiger charge is 2.29. The lowest BCUT2D eigenvalue weighted by Gasteiger charge is -2.31. The van der Waals surface area contributed by atoms with E-state index in [0.717, 1.165) is 0 Å². The Kier molecular flexibility index (Phi) is 7.29. The third-order valence-electron chi connectivity index (χ3n) is 5.07. The fraction of sp³-hybridized carbons (Fsp3) is 0.478. The van der Waals surface area contributed by atoms with Crippen LogP contribution < -0.4 is 16.1 Å². The summed E-state index contributed by atoms with van der Waals surface area (Å²) in [5.74, 6) is -1.28. The maximum atomic E-state index is 13.1. The predicted octanol–water partition coefficient (Wildman–Crippen LogP) is 1.18. The van der Waals surface area contributed by atoms with Gasteiger partial charge in [0.15, 0.2) is 5.43 Å². The molecule has 0 saturated carbocycles. The smallest absolute Gasteiger partial charge is 0.306 e. The molecule has 2 amide bonds. The SMILES string of the molecule is CC(C)(C)OC(=O)CC[C@H](NC(=O)c1cc(=O)c2ccccc2[nH]1)C(=O)N1CCNCC1. The molecule has 9 nitrogen and oxygen atoms in total. The van der Waals surface area contributed by atoms with Crippen LogP contribution in [0.3, 0.4) is 0 Å². The van der Waals surface area contributed by atoms with Gasteiger partial charge in [0.1, 0.15) is 17.3 Å². The van der Waals surface area contributed by atoms with Gasteiger partial charge in [-0.25, -0.2) is 0 Å². The first-order valence-electron chi connectivity index (χ1n) is 10.8. The molecule has 0 spiro atoms. The minimum Gasteiger partial charge on any atom is -0.460 e. The van der Waals surface area contributed by atoms with Gasteiger partial charge in [-0.2, -0.15) is 0 Å². The summed E-state index contributed by atoms with van der Waals surface area (Å²) in [6.07, 6.45) is 0.0789. The Morgan fingerprint density at radius 1 is 1.16 bits per heavy atom. The average molecular weight is 443 g/mol. The summed E-state index contributed by atoms with van der Waals surface area (Å²) in [4.78, 5) is 55.2. The second kappa shape index (κ2) is 9.95. The summed E-state index contributed by atoms with van der Waals surface area (Å²) < 4.78 is 5.33. The van der Waals surface area contributed by atoms with E-state index in [9.17, 15) is 19.2 Å². The summed E-state index contributed by atoms with van der Waals surface area (Å²) in [5, 5.41) is 6.37. The zero-order valence-electron chi connectivity index (χ0n) is 18.7. The number of piperazine rings is 1. The van der Waals surface area contributed by atoms with Crippen LogP contribution in [0.25, 0.3) is 10.9 Å². The molecule has 172 valence electrons. The van der Waals surface area contributed by atoms with E-state index in [4.69, 9.17) is 4.74 Å². The summed E-state index contributed by atoms with van der Waals surface area (Å²) in [7, 11) is 0. The number of amides is 2. The number of carbonyl (C=O) groups is 3. The van der Waals surface area contributed by atoms with Gasteiger partial charge in [0.2, 0.25) is 5.91 Å². The molecule has 1 aliphatic heterocycles. The van der Waals surface area contributed by atoms with Crippen LogP contribution >= 0.6 is 0 Å². The molecule has 2 heterocycles. The van der Waals surface area contributed by atoms with Crippen molar-refractivity contribution in [2.45, 2.75) is 45.3 Å². The molecule has 0 aliphatic carbocycles. The van der Waals surface area contributed by atoms with Crippen LogP contribution in [0.2, 0.25) is 0 Å². The van der Waals surface area contributed by atoms with Crippen LogP contribution in [0.1, 0.15) is 44.1 Å². The van der Waals surface area contributed by atoms with Crippen molar-refractivity contribution in [3.8, 4) is 0 Å². The first-order valence-corrected chi connectivity index (χ1v) is 10.8. The second-order valence-electron chi connectivity index (χ2n) is 8.82. The molecule has 1 aromatic carbocycles. The highest BCUT2D eigenvalue weighted by atomic mass is 16.6. The Morgan fingerprint density at radius 2 is 1.84 bits per heavy atom. The van der Waals surface area contributed by atoms with Gasteiger partial charge in [-0.05, 0) is 39.3 Å². The fourth-order valence-electron chi connectivity index (χ4n) is 3.57. The number of H-pyrrole nitrogens is 1. The van der Waals surface area contributed by atoms with E-state index in [-0.39, 0.29) is 29.9 Å². The molecule has 2 aromatic rings. The third kappa shape index (κ3) is 6.16. The molecule has 1 fully saturated rings. The Balaban J connectivity index is 1.77. The van der Waals surface area contributed by atoms with Crippen molar-refractivity contribution in [3.63, 3.8) is 0 Å². The van der Waals surface area contributed by atoms with Crippen molar-refractivity contribution < 1.29 is 19.1 Å². The minimum absolute atomic E-state index is 0.0196. The maximum absolute atomic E-state index is 13.1. The molecule has 0 unspecified atom stereocenters. The van der Waals surface area contributed by atoms with E-state index >= 15 is 0 Å². The molecular weight excluding hydrogens is 412 g/mol. The summed E-state index contributed by atoms with van der Waals surface area (Å²) in [6, 6.07) is 7.20. The van der Waals surface area contributed by atoms with E-state index < -0.39 is 23.5 Å². The number of carbonyl (C=O) groups excluding carboxylic acids is 3. The molecule has 1 atom stereocenters. The number of aromatic amines is 1. The number of nitrogens with zero attached hydrogens (tertiary/aromatic N) is 1. The van der Waals surface area contributed by atoms with Gasteiger partial charge in [-0.1, -0.05) is 12.1 Å². The second-order valence-corrected chi connectivity index (χ2v) is 8.82. The molecular formula is C23H30N4O5. The summed E-state index contributed by atoms with van der Waals surface area (Å²) >= 11 is 0. The quantitative estimate of drug-likeness (QED) is 0.578. The van der Waals surface area contributed by atoms with Crippen molar-refractivity contribution >= 4 is 28.7 Å². The standard InChI is InChI=1S/C23H30N4O5/c1-23(2,3)32-20(29)9-8-17(22(31)27-12-10-24-11-13-27)26-21(30)18-14-19(28)15-6-4-5-7-16(15)25-18/h4-7,14,17,24H,8-13H2,1-3H3,(H,25,28)(H,26,30)/t17-/m0/s1. The van der Waals surface area contributed by atoms with E-state index in [2.05, 4.69) is 15.6 Å². The molecule has 1 saturated heterocycles. The summed E-state index contributed by atoms with van der Waals surface area (Å²) in [5.41, 5.74) is -0.334. The highest BCUT2D eigenvalue weighted by molar-refractivity contribution is 5.98. The first kappa shape index (κ1) is 23.5. The van der Waals surface area contributed by atoms with Crippen LogP contribution in [0.5, 0.6) is 0 Å². The van der Waals surface area contributed by atoms with Crippen LogP contribution in [0, 0.1) is 0 Å². The Bertz CT molecular complexity index is 1050. The number of hydrogen-bond donors (Lipinski definition) is 3. The number of rotatable bonds is 6. The highest BCUT2D eigenvalue weighted by Crippen LogP contribution is 2.13. The Labute approximate surface area is 186 Å². The fourth-order valence-corrected chi connectivity index (χ4v) is 3.57. The largest absolute Gasteiger partial charge is 0.460 e. The van der Waals surface area contributed by atoms with Gasteiger partial charge in [0.05, 0.1) is 0 Å². The Hall–Kier alpha value is -3.20. The van der Waals surface area contributed by atoms with Gasteiger partial charge >= 0.3 is 5.97 Å². The molecule has 3 rings (SSSR count). The number of benzene rings is 1. The molecule has 1 aromatic heterocycles. The van der Waals surface area contributed by atoms with E-state index in [1.165, 1.54) is 6.07 Å². The van der Waals surface area contributed by atoms with Gasteiger partial charge in [-0.15, -0.1) is 0 Å². The topological polar surface area (TPSA) is 121 Å². The van der Waals surface area contributed by atoms with Crippen molar-refractivity contribution in [3.05, 3.63) is 46.2 Å². The minimum atomic E-state index is -0.914. The van der Waals surface area contributed by atoms with E-state index in [1.54, 1.807) is 49.9 Å². The lowest BCUT2D eigenvalue weighted by molar-refractivity contribution is -0.155. The van der Waals surface area contributed by atoms with Gasteiger partial charge in [-0.3, -0.25) is 19.2 Å². The summed E-state index contributed by atoms with van der Waals surface area (Å²) in [6.45, 7) is 7.67. The maximum Gasteiger partial charge on any atom is 0.306 e. The normalized spacial score (nSPS) is 15.3.